The van der Waals surface area contributed by atoms with Crippen LogP contribution < -0.4 is 10.5 Å². The van der Waals surface area contributed by atoms with E-state index in [2.05, 4.69) is 5.10 Å². The first-order chi connectivity index (χ1) is 13.8. The highest BCUT2D eigenvalue weighted by Crippen LogP contribution is 2.24. The number of aromatic nitrogens is 3. The van der Waals surface area contributed by atoms with Crippen molar-refractivity contribution in [3.05, 3.63) is 58.5 Å². The number of hydrogen-bond donors (Lipinski definition) is 0. The Morgan fingerprint density at radius 1 is 1.14 bits per heavy atom. The quantitative estimate of drug-likeness (QED) is 0.636. The molecule has 1 saturated heterocycles. The zero-order valence-electron chi connectivity index (χ0n) is 16.2. The third-order valence-electron chi connectivity index (χ3n) is 5.24. The molecule has 0 atom stereocenters. The predicted molar refractivity (Wildman–Crippen MR) is 107 cm³/mol. The normalized spacial score (nSPS) is 15.9. The summed E-state index contributed by atoms with van der Waals surface area (Å²) in [6.07, 6.45) is 2.02. The summed E-state index contributed by atoms with van der Waals surface area (Å²) in [4.78, 5) is 14.3. The largest absolute Gasteiger partial charge is 0.367 e. The third kappa shape index (κ3) is 3.32. The zero-order valence-corrected chi connectivity index (χ0v) is 17.1. The molecule has 1 aromatic carbocycles. The van der Waals surface area contributed by atoms with Gasteiger partial charge in [-0.3, -0.25) is 9.20 Å². The van der Waals surface area contributed by atoms with E-state index in [4.69, 9.17) is 0 Å². The fourth-order valence-electron chi connectivity index (χ4n) is 3.66. The van der Waals surface area contributed by atoms with E-state index in [1.54, 1.807) is 29.6 Å². The number of anilines is 1. The molecule has 3 aromatic rings. The number of nitrogens with zero attached hydrogens (tertiary/aromatic N) is 5. The number of rotatable bonds is 4. The minimum Gasteiger partial charge on any atom is -0.367 e. The molecule has 0 unspecified atom stereocenters. The van der Waals surface area contributed by atoms with E-state index in [-0.39, 0.29) is 34.9 Å². The van der Waals surface area contributed by atoms with Gasteiger partial charge in [-0.2, -0.15) is 9.40 Å². The van der Waals surface area contributed by atoms with E-state index in [9.17, 15) is 17.6 Å². The lowest BCUT2D eigenvalue weighted by Crippen LogP contribution is -2.48. The van der Waals surface area contributed by atoms with Crippen LogP contribution in [-0.4, -0.2) is 53.1 Å². The van der Waals surface area contributed by atoms with Crippen molar-refractivity contribution in [1.29, 1.82) is 0 Å². The van der Waals surface area contributed by atoms with Crippen LogP contribution >= 0.6 is 0 Å². The SMILES string of the molecule is CCc1nn(C)c(=O)c2cc(S(=O)(=O)N3CCN(c4ccccc4F)CC3)cn12. The Balaban J connectivity index is 1.62. The smallest absolute Gasteiger partial charge is 0.290 e. The van der Waals surface area contributed by atoms with Crippen LogP contribution in [0.25, 0.3) is 5.52 Å². The van der Waals surface area contributed by atoms with Crippen molar-refractivity contribution in [2.45, 2.75) is 18.2 Å². The fourth-order valence-corrected chi connectivity index (χ4v) is 5.10. The summed E-state index contributed by atoms with van der Waals surface area (Å²) >= 11 is 0. The number of fused-ring (bicyclic) bond motifs is 1. The van der Waals surface area contributed by atoms with Crippen molar-refractivity contribution >= 4 is 21.2 Å². The number of halogens is 1. The molecule has 154 valence electrons. The average molecular weight is 419 g/mol. The van der Waals surface area contributed by atoms with E-state index in [1.807, 2.05) is 11.8 Å². The van der Waals surface area contributed by atoms with Gasteiger partial charge in [0.25, 0.3) is 5.56 Å². The Kier molecular flexibility index (Phi) is 4.91. The summed E-state index contributed by atoms with van der Waals surface area (Å²) in [5.74, 6) is 0.283. The second-order valence-electron chi connectivity index (χ2n) is 6.97. The van der Waals surface area contributed by atoms with E-state index in [1.165, 1.54) is 27.3 Å². The Morgan fingerprint density at radius 2 is 1.83 bits per heavy atom. The van der Waals surface area contributed by atoms with Gasteiger partial charge in [-0.1, -0.05) is 19.1 Å². The lowest BCUT2D eigenvalue weighted by molar-refractivity contribution is 0.383. The van der Waals surface area contributed by atoms with Crippen LogP contribution in [0, 0.1) is 5.82 Å². The van der Waals surface area contributed by atoms with Gasteiger partial charge in [0, 0.05) is 45.8 Å². The Bertz CT molecular complexity index is 1230. The number of aryl methyl sites for hydroxylation is 2. The summed E-state index contributed by atoms with van der Waals surface area (Å²) in [6.45, 7) is 3.13. The summed E-state index contributed by atoms with van der Waals surface area (Å²) in [6, 6.07) is 7.87. The maximum Gasteiger partial charge on any atom is 0.290 e. The number of sulfonamides is 1. The number of piperazine rings is 1. The lowest BCUT2D eigenvalue weighted by Gasteiger charge is -2.35. The van der Waals surface area contributed by atoms with Gasteiger partial charge in [0.2, 0.25) is 10.0 Å². The first kappa shape index (κ1) is 19.6. The summed E-state index contributed by atoms with van der Waals surface area (Å²) < 4.78 is 44.5. The van der Waals surface area contributed by atoms with Gasteiger partial charge in [0.05, 0.1) is 5.69 Å². The van der Waals surface area contributed by atoms with Crippen molar-refractivity contribution in [2.75, 3.05) is 31.1 Å². The van der Waals surface area contributed by atoms with Crippen LogP contribution in [0.4, 0.5) is 10.1 Å². The van der Waals surface area contributed by atoms with Gasteiger partial charge in [-0.15, -0.1) is 0 Å². The number of para-hydroxylation sites is 1. The molecule has 4 rings (SSSR count). The highest BCUT2D eigenvalue weighted by molar-refractivity contribution is 7.89. The van der Waals surface area contributed by atoms with Crippen LogP contribution in [-0.2, 0) is 23.5 Å². The van der Waals surface area contributed by atoms with E-state index >= 15 is 0 Å². The fraction of sp³-hybridized carbons (Fsp3) is 0.368. The Labute approximate surface area is 167 Å². The maximum atomic E-state index is 14.0. The molecular formula is C19H22FN5O3S. The average Bonchev–Trinajstić information content (AvgIpc) is 3.18. The van der Waals surface area contributed by atoms with Crippen LogP contribution in [0.2, 0.25) is 0 Å². The molecule has 2 aromatic heterocycles. The molecule has 8 nitrogen and oxygen atoms in total. The topological polar surface area (TPSA) is 79.9 Å². The second-order valence-corrected chi connectivity index (χ2v) is 8.91. The van der Waals surface area contributed by atoms with Gasteiger partial charge >= 0.3 is 0 Å². The first-order valence-electron chi connectivity index (χ1n) is 9.41. The highest BCUT2D eigenvalue weighted by atomic mass is 32.2. The molecule has 0 amide bonds. The number of hydrogen-bond acceptors (Lipinski definition) is 5. The molecule has 1 aliphatic rings. The standard InChI is InChI=1S/C19H22FN5O3S/c1-3-18-21-22(2)19(26)17-12-14(13-25(17)18)29(27,28)24-10-8-23(9-11-24)16-7-5-4-6-15(16)20/h4-7,12-13H,3,8-11H2,1-2H3. The van der Waals surface area contributed by atoms with Gasteiger partial charge in [0.1, 0.15) is 22.1 Å². The molecule has 1 fully saturated rings. The molecule has 0 saturated carbocycles. The molecule has 0 radical (unpaired) electrons. The van der Waals surface area contributed by atoms with Crippen LogP contribution in [0.1, 0.15) is 12.7 Å². The molecule has 0 N–H and O–H groups in total. The Morgan fingerprint density at radius 3 is 2.48 bits per heavy atom. The van der Waals surface area contributed by atoms with Crippen molar-refractivity contribution in [1.82, 2.24) is 18.5 Å². The van der Waals surface area contributed by atoms with Crippen LogP contribution in [0.3, 0.4) is 0 Å². The van der Waals surface area contributed by atoms with Gasteiger partial charge in [-0.05, 0) is 18.2 Å². The van der Waals surface area contributed by atoms with Crippen molar-refractivity contribution < 1.29 is 12.8 Å². The summed E-state index contributed by atoms with van der Waals surface area (Å²) in [5, 5.41) is 4.20. The first-order valence-corrected chi connectivity index (χ1v) is 10.8. The van der Waals surface area contributed by atoms with E-state index in [0.717, 1.165) is 0 Å². The lowest BCUT2D eigenvalue weighted by atomic mass is 10.2. The molecule has 0 spiro atoms. The predicted octanol–water partition coefficient (Wildman–Crippen LogP) is 1.25. The van der Waals surface area contributed by atoms with Crippen molar-refractivity contribution in [2.24, 2.45) is 7.05 Å². The molecule has 3 heterocycles. The number of benzene rings is 1. The molecule has 10 heteroatoms. The third-order valence-corrected chi connectivity index (χ3v) is 7.10. The van der Waals surface area contributed by atoms with Crippen molar-refractivity contribution in [3.8, 4) is 0 Å². The van der Waals surface area contributed by atoms with Gasteiger partial charge in [-0.25, -0.2) is 17.5 Å². The molecule has 0 bridgehead atoms. The zero-order chi connectivity index (χ0) is 20.8. The van der Waals surface area contributed by atoms with Gasteiger partial charge in [0.15, 0.2) is 0 Å². The van der Waals surface area contributed by atoms with E-state index < -0.39 is 10.0 Å². The monoisotopic (exact) mass is 419 g/mol. The molecule has 0 aliphatic carbocycles. The second kappa shape index (κ2) is 7.27. The van der Waals surface area contributed by atoms with Crippen molar-refractivity contribution in [3.63, 3.8) is 0 Å². The molecule has 29 heavy (non-hydrogen) atoms. The molecule has 1 aliphatic heterocycles. The summed E-state index contributed by atoms with van der Waals surface area (Å²) in [7, 11) is -2.23. The minimum atomic E-state index is -3.78. The highest BCUT2D eigenvalue weighted by Gasteiger charge is 2.30. The van der Waals surface area contributed by atoms with Crippen LogP contribution in [0.15, 0.2) is 46.2 Å². The van der Waals surface area contributed by atoms with Crippen LogP contribution in [0.5, 0.6) is 0 Å². The molecular weight excluding hydrogens is 397 g/mol. The minimum absolute atomic E-state index is 0.0663. The van der Waals surface area contributed by atoms with Gasteiger partial charge < -0.3 is 4.90 Å². The summed E-state index contributed by atoms with van der Waals surface area (Å²) in [5.41, 5.74) is 0.400. The van der Waals surface area contributed by atoms with E-state index in [0.29, 0.717) is 31.0 Å². The maximum absolute atomic E-state index is 14.0. The Hall–Kier alpha value is -2.72.